The Morgan fingerprint density at radius 2 is 1.69 bits per heavy atom. The van der Waals surface area contributed by atoms with E-state index in [9.17, 15) is 19.2 Å². The van der Waals surface area contributed by atoms with Crippen LogP contribution in [0.4, 0.5) is 5.69 Å². The number of carbonyl (C=O) groups excluding carboxylic acids is 4. The van der Waals surface area contributed by atoms with Gasteiger partial charge in [0.15, 0.2) is 12.4 Å². The molecule has 196 valence electrons. The van der Waals surface area contributed by atoms with E-state index in [4.69, 9.17) is 9.47 Å². The van der Waals surface area contributed by atoms with Crippen LogP contribution in [0.5, 0.6) is 5.75 Å². The molecule has 2 fully saturated rings. The van der Waals surface area contributed by atoms with Gasteiger partial charge in [0.1, 0.15) is 17.1 Å². The second-order valence-corrected chi connectivity index (χ2v) is 11.1. The maximum Gasteiger partial charge on any atom is 0.344 e. The molecule has 2 aliphatic heterocycles. The lowest BCUT2D eigenvalue weighted by Crippen LogP contribution is -2.41. The molecule has 1 aliphatic carbocycles. The van der Waals surface area contributed by atoms with E-state index in [1.165, 1.54) is 6.42 Å². The molecule has 0 N–H and O–H groups in total. The van der Waals surface area contributed by atoms with Crippen LogP contribution in [0.1, 0.15) is 94.5 Å². The number of benzene rings is 1. The van der Waals surface area contributed by atoms with E-state index in [1.54, 1.807) is 25.7 Å². The highest BCUT2D eigenvalue weighted by Gasteiger charge is 2.39. The number of anilines is 1. The molecule has 0 bridgehead atoms. The van der Waals surface area contributed by atoms with Crippen LogP contribution in [0.3, 0.4) is 0 Å². The van der Waals surface area contributed by atoms with Crippen molar-refractivity contribution in [3.8, 4) is 5.75 Å². The van der Waals surface area contributed by atoms with E-state index in [2.05, 4.69) is 4.90 Å². The molecule has 1 saturated carbocycles. The number of nitrogens with zero attached hydrogens (tertiary/aromatic N) is 2. The summed E-state index contributed by atoms with van der Waals surface area (Å²) in [5.41, 5.74) is 1.46. The van der Waals surface area contributed by atoms with Crippen molar-refractivity contribution in [3.05, 3.63) is 23.3 Å². The predicted molar refractivity (Wildman–Crippen MR) is 135 cm³/mol. The summed E-state index contributed by atoms with van der Waals surface area (Å²) in [6, 6.07) is 3.18. The third kappa shape index (κ3) is 6.26. The molecule has 1 unspecified atom stereocenters. The van der Waals surface area contributed by atoms with Gasteiger partial charge in [-0.3, -0.25) is 14.4 Å². The summed E-state index contributed by atoms with van der Waals surface area (Å²) in [4.78, 5) is 55.1. The number of amides is 1. The van der Waals surface area contributed by atoms with Crippen molar-refractivity contribution >= 4 is 29.1 Å². The van der Waals surface area contributed by atoms with Crippen LogP contribution >= 0.6 is 0 Å². The van der Waals surface area contributed by atoms with Gasteiger partial charge in [0.2, 0.25) is 0 Å². The van der Waals surface area contributed by atoms with E-state index in [1.807, 2.05) is 12.1 Å². The third-order valence-electron chi connectivity index (χ3n) is 7.07. The van der Waals surface area contributed by atoms with Crippen LogP contribution in [0.25, 0.3) is 0 Å². The van der Waals surface area contributed by atoms with Gasteiger partial charge in [0, 0.05) is 49.7 Å². The summed E-state index contributed by atoms with van der Waals surface area (Å²) in [7, 11) is 0. The zero-order chi connectivity index (χ0) is 25.9. The van der Waals surface area contributed by atoms with Crippen molar-refractivity contribution in [1.29, 1.82) is 0 Å². The fraction of sp³-hybridized carbons (Fsp3) is 0.643. The Hall–Kier alpha value is -2.90. The number of ketones is 2. The lowest BCUT2D eigenvalue weighted by molar-refractivity contribution is -0.157. The minimum atomic E-state index is -0.625. The van der Waals surface area contributed by atoms with Crippen LogP contribution < -0.4 is 9.64 Å². The summed E-state index contributed by atoms with van der Waals surface area (Å²) in [5, 5.41) is 0. The molecule has 1 amide bonds. The molecular formula is C28H38N2O6. The van der Waals surface area contributed by atoms with Gasteiger partial charge in [0.25, 0.3) is 5.91 Å². The maximum atomic E-state index is 13.6. The molecule has 8 heteroatoms. The standard InChI is InChI=1S/C28H38N2O6/c1-28(2,3)36-26(33)18-35-25-16-19(29-13-7-4-8-14-29)15-21-22(25)17-30(27(21)34)23-12-11-20(31)9-5-6-10-24(23)32/h15-16,23H,4-14,17-18H2,1-3H3. The number of carbonyl (C=O) groups is 4. The second kappa shape index (κ2) is 11.0. The molecule has 2 heterocycles. The molecule has 1 aromatic rings. The van der Waals surface area contributed by atoms with Crippen molar-refractivity contribution in [2.45, 2.75) is 96.7 Å². The maximum absolute atomic E-state index is 13.6. The molecule has 3 aliphatic rings. The van der Waals surface area contributed by atoms with Crippen molar-refractivity contribution in [2.75, 3.05) is 24.6 Å². The number of fused-ring (bicyclic) bond motifs is 1. The molecule has 4 rings (SSSR count). The van der Waals surface area contributed by atoms with E-state index in [-0.39, 0.29) is 30.6 Å². The first-order chi connectivity index (χ1) is 17.1. The van der Waals surface area contributed by atoms with Crippen molar-refractivity contribution in [3.63, 3.8) is 0 Å². The average molecular weight is 499 g/mol. The molecule has 0 aromatic heterocycles. The van der Waals surface area contributed by atoms with Gasteiger partial charge in [-0.1, -0.05) is 0 Å². The zero-order valence-corrected chi connectivity index (χ0v) is 21.8. The largest absolute Gasteiger partial charge is 0.481 e. The molecule has 0 radical (unpaired) electrons. The van der Waals surface area contributed by atoms with Crippen LogP contribution in [-0.4, -0.2) is 59.7 Å². The number of hydrogen-bond acceptors (Lipinski definition) is 7. The quantitative estimate of drug-likeness (QED) is 0.561. The van der Waals surface area contributed by atoms with Gasteiger partial charge in [-0.15, -0.1) is 0 Å². The van der Waals surface area contributed by atoms with Gasteiger partial charge in [-0.25, -0.2) is 4.79 Å². The second-order valence-electron chi connectivity index (χ2n) is 11.1. The first kappa shape index (κ1) is 26.2. The Morgan fingerprint density at radius 1 is 0.972 bits per heavy atom. The average Bonchev–Trinajstić information content (AvgIpc) is 3.19. The lowest BCUT2D eigenvalue weighted by atomic mass is 10.0. The lowest BCUT2D eigenvalue weighted by Gasteiger charge is -2.29. The summed E-state index contributed by atoms with van der Waals surface area (Å²) >= 11 is 0. The SMILES string of the molecule is CC(C)(C)OC(=O)COc1cc(N2CCCCC2)cc2c1CN(C1CCC(=O)CCCCC1=O)C2=O. The highest BCUT2D eigenvalue weighted by atomic mass is 16.6. The smallest absolute Gasteiger partial charge is 0.344 e. The molecule has 1 atom stereocenters. The van der Waals surface area contributed by atoms with Gasteiger partial charge < -0.3 is 19.3 Å². The fourth-order valence-corrected chi connectivity index (χ4v) is 5.31. The highest BCUT2D eigenvalue weighted by Crippen LogP contribution is 2.38. The van der Waals surface area contributed by atoms with Gasteiger partial charge in [0.05, 0.1) is 18.2 Å². The number of piperidine rings is 1. The van der Waals surface area contributed by atoms with Crippen molar-refractivity contribution in [1.82, 2.24) is 4.90 Å². The zero-order valence-electron chi connectivity index (χ0n) is 21.8. The molecule has 8 nitrogen and oxygen atoms in total. The van der Waals surface area contributed by atoms with Crippen LogP contribution in [0.2, 0.25) is 0 Å². The number of rotatable bonds is 5. The summed E-state index contributed by atoms with van der Waals surface area (Å²) in [6.07, 6.45) is 6.24. The van der Waals surface area contributed by atoms with E-state index in [0.29, 0.717) is 55.4 Å². The summed E-state index contributed by atoms with van der Waals surface area (Å²) < 4.78 is 11.4. The molecular weight excluding hydrogens is 460 g/mol. The minimum Gasteiger partial charge on any atom is -0.481 e. The number of Topliss-reactive ketones (excluding diaryl/α,β-unsaturated/α-hetero) is 2. The summed E-state index contributed by atoms with van der Waals surface area (Å²) in [5.74, 6) is -0.0610. The van der Waals surface area contributed by atoms with E-state index >= 15 is 0 Å². The predicted octanol–water partition coefficient (Wildman–Crippen LogP) is 4.21. The van der Waals surface area contributed by atoms with Crippen LogP contribution in [0, 0.1) is 0 Å². The van der Waals surface area contributed by atoms with E-state index < -0.39 is 17.6 Å². The molecule has 1 aromatic carbocycles. The number of esters is 1. The normalized spacial score (nSPS) is 21.5. The first-order valence-electron chi connectivity index (χ1n) is 13.2. The van der Waals surface area contributed by atoms with Gasteiger partial charge in [-0.2, -0.15) is 0 Å². The Bertz CT molecular complexity index is 1020. The molecule has 36 heavy (non-hydrogen) atoms. The minimum absolute atomic E-state index is 0.0123. The Morgan fingerprint density at radius 3 is 2.42 bits per heavy atom. The van der Waals surface area contributed by atoms with E-state index in [0.717, 1.165) is 31.6 Å². The molecule has 1 saturated heterocycles. The first-order valence-corrected chi connectivity index (χ1v) is 13.2. The Balaban J connectivity index is 1.62. The number of hydrogen-bond donors (Lipinski definition) is 0. The fourth-order valence-electron chi connectivity index (χ4n) is 5.31. The molecule has 0 spiro atoms. The van der Waals surface area contributed by atoms with Crippen LogP contribution in [0.15, 0.2) is 12.1 Å². The topological polar surface area (TPSA) is 93.2 Å². The Kier molecular flexibility index (Phi) is 8.00. The van der Waals surface area contributed by atoms with Crippen LogP contribution in [-0.2, 0) is 25.7 Å². The summed E-state index contributed by atoms with van der Waals surface area (Å²) in [6.45, 7) is 7.15. The number of ether oxygens (including phenoxy) is 2. The Labute approximate surface area is 213 Å². The monoisotopic (exact) mass is 498 g/mol. The third-order valence-corrected chi connectivity index (χ3v) is 7.07. The van der Waals surface area contributed by atoms with Gasteiger partial charge >= 0.3 is 5.97 Å². The highest BCUT2D eigenvalue weighted by molar-refractivity contribution is 6.03. The van der Waals surface area contributed by atoms with Gasteiger partial charge in [-0.05, 0) is 65.4 Å². The van der Waals surface area contributed by atoms with Crippen molar-refractivity contribution < 1.29 is 28.7 Å². The van der Waals surface area contributed by atoms with Crippen molar-refractivity contribution in [2.24, 2.45) is 0 Å².